The first-order valence-corrected chi connectivity index (χ1v) is 6.12. The molecule has 0 bridgehead atoms. The number of fused-ring (bicyclic) bond motifs is 1. The Hall–Kier alpha value is -1.35. The normalized spacial score (nSPS) is 14.4. The molecule has 0 saturated carbocycles. The van der Waals surface area contributed by atoms with Crippen molar-refractivity contribution in [3.05, 3.63) is 58.1 Å². The summed E-state index contributed by atoms with van der Waals surface area (Å²) in [5.41, 5.74) is 3.91. The first-order valence-electron chi connectivity index (χ1n) is 5.33. The Balaban J connectivity index is 2.14. The third-order valence-corrected chi connectivity index (χ3v) is 3.37. The Kier molecular flexibility index (Phi) is 2.40. The summed E-state index contributed by atoms with van der Waals surface area (Å²) in [4.78, 5) is 7.50. The molecule has 0 atom stereocenters. The first kappa shape index (κ1) is 9.85. The fraction of sp³-hybridized carbons (Fsp3) is 0.154. The lowest BCUT2D eigenvalue weighted by molar-refractivity contribution is 0.970. The third-order valence-electron chi connectivity index (χ3n) is 2.87. The van der Waals surface area contributed by atoms with Crippen molar-refractivity contribution in [3.8, 4) is 0 Å². The van der Waals surface area contributed by atoms with Gasteiger partial charge in [0, 0.05) is 22.4 Å². The second-order valence-electron chi connectivity index (χ2n) is 3.90. The van der Waals surface area contributed by atoms with E-state index in [-0.39, 0.29) is 0 Å². The number of benzene rings is 1. The highest BCUT2D eigenvalue weighted by Gasteiger charge is 2.15. The van der Waals surface area contributed by atoms with E-state index >= 15 is 0 Å². The second kappa shape index (κ2) is 3.91. The molecule has 2 aromatic rings. The topological polar surface area (TPSA) is 28.7 Å². The van der Waals surface area contributed by atoms with Crippen LogP contribution in [0.3, 0.4) is 0 Å². The lowest BCUT2D eigenvalue weighted by atomic mass is 9.90. The highest BCUT2D eigenvalue weighted by Crippen LogP contribution is 2.31. The van der Waals surface area contributed by atoms with Gasteiger partial charge in [-0.1, -0.05) is 28.1 Å². The molecule has 1 aliphatic carbocycles. The summed E-state index contributed by atoms with van der Waals surface area (Å²) < 4.78 is 1.15. The van der Waals surface area contributed by atoms with Crippen LogP contribution in [0, 0.1) is 0 Å². The van der Waals surface area contributed by atoms with E-state index in [0.717, 1.165) is 23.1 Å². The van der Waals surface area contributed by atoms with Gasteiger partial charge in [0.25, 0.3) is 0 Å². The third kappa shape index (κ3) is 1.61. The Morgan fingerprint density at radius 2 is 2.25 bits per heavy atom. The highest BCUT2D eigenvalue weighted by molar-refractivity contribution is 9.10. The molecule has 1 aromatic heterocycles. The summed E-state index contributed by atoms with van der Waals surface area (Å²) >= 11 is 3.52. The van der Waals surface area contributed by atoms with E-state index in [0.29, 0.717) is 0 Å². The van der Waals surface area contributed by atoms with Gasteiger partial charge in [-0.05, 0) is 36.1 Å². The molecule has 1 heterocycles. The molecular formula is C13H11BrN2. The molecule has 2 nitrogen and oxygen atoms in total. The van der Waals surface area contributed by atoms with E-state index in [2.05, 4.69) is 50.2 Å². The van der Waals surface area contributed by atoms with Crippen LogP contribution in [0.25, 0.3) is 5.57 Å². The number of hydrogen-bond donors (Lipinski definition) is 1. The minimum Gasteiger partial charge on any atom is -0.345 e. The van der Waals surface area contributed by atoms with Crippen LogP contribution >= 0.6 is 15.9 Å². The number of aromatic nitrogens is 2. The number of rotatable bonds is 1. The molecule has 1 aliphatic rings. The van der Waals surface area contributed by atoms with Gasteiger partial charge in [-0.2, -0.15) is 0 Å². The van der Waals surface area contributed by atoms with Crippen molar-refractivity contribution in [3.63, 3.8) is 0 Å². The average Bonchev–Trinajstić information content (AvgIpc) is 2.81. The summed E-state index contributed by atoms with van der Waals surface area (Å²) in [6, 6.07) is 6.44. The smallest absolute Gasteiger partial charge is 0.137 e. The molecule has 16 heavy (non-hydrogen) atoms. The maximum absolute atomic E-state index is 4.33. The van der Waals surface area contributed by atoms with Gasteiger partial charge in [-0.25, -0.2) is 4.98 Å². The standard InChI is InChI=1S/C13H11BrN2/c14-10-4-5-11-9(8-10)2-1-3-12(11)13-15-6-7-16-13/h3-8H,1-2H2,(H,15,16). The minimum atomic E-state index is 0.961. The molecule has 0 aliphatic heterocycles. The number of halogens is 1. The second-order valence-corrected chi connectivity index (χ2v) is 4.81. The fourth-order valence-corrected chi connectivity index (χ4v) is 2.56. The van der Waals surface area contributed by atoms with Gasteiger partial charge in [-0.3, -0.25) is 0 Å². The molecule has 0 amide bonds. The number of aromatic amines is 1. The van der Waals surface area contributed by atoms with Crippen molar-refractivity contribution in [2.45, 2.75) is 12.8 Å². The molecule has 3 heteroatoms. The number of H-pyrrole nitrogens is 1. The van der Waals surface area contributed by atoms with Crippen molar-refractivity contribution < 1.29 is 0 Å². The van der Waals surface area contributed by atoms with Crippen molar-refractivity contribution in [1.29, 1.82) is 0 Å². The summed E-state index contributed by atoms with van der Waals surface area (Å²) in [6.07, 6.45) is 8.11. The van der Waals surface area contributed by atoms with Gasteiger partial charge in [0.15, 0.2) is 0 Å². The Labute approximate surface area is 103 Å². The summed E-state index contributed by atoms with van der Waals surface area (Å²) in [7, 11) is 0. The predicted octanol–water partition coefficient (Wildman–Crippen LogP) is 3.55. The molecule has 1 aromatic carbocycles. The van der Waals surface area contributed by atoms with Gasteiger partial charge in [0.05, 0.1) is 0 Å². The average molecular weight is 275 g/mol. The minimum absolute atomic E-state index is 0.961. The predicted molar refractivity (Wildman–Crippen MR) is 68.1 cm³/mol. The van der Waals surface area contributed by atoms with Crippen molar-refractivity contribution in [2.24, 2.45) is 0 Å². The number of nitrogens with one attached hydrogen (secondary N) is 1. The largest absolute Gasteiger partial charge is 0.345 e. The summed E-state index contributed by atoms with van der Waals surface area (Å²) in [5.74, 6) is 0.961. The van der Waals surface area contributed by atoms with E-state index < -0.39 is 0 Å². The van der Waals surface area contributed by atoms with Gasteiger partial charge in [0.1, 0.15) is 5.82 Å². The van der Waals surface area contributed by atoms with Gasteiger partial charge in [0.2, 0.25) is 0 Å². The van der Waals surface area contributed by atoms with E-state index in [1.54, 1.807) is 6.20 Å². The molecule has 1 N–H and O–H groups in total. The van der Waals surface area contributed by atoms with Crippen molar-refractivity contribution in [1.82, 2.24) is 9.97 Å². The van der Waals surface area contributed by atoms with E-state index in [1.807, 2.05) is 6.20 Å². The number of hydrogen-bond acceptors (Lipinski definition) is 1. The zero-order chi connectivity index (χ0) is 11.0. The monoisotopic (exact) mass is 274 g/mol. The zero-order valence-electron chi connectivity index (χ0n) is 8.70. The zero-order valence-corrected chi connectivity index (χ0v) is 10.3. The number of nitrogens with zero attached hydrogens (tertiary/aromatic N) is 1. The number of aryl methyl sites for hydroxylation is 1. The quantitative estimate of drug-likeness (QED) is 0.847. The maximum Gasteiger partial charge on any atom is 0.137 e. The Morgan fingerprint density at radius 1 is 1.31 bits per heavy atom. The summed E-state index contributed by atoms with van der Waals surface area (Å²) in [6.45, 7) is 0. The van der Waals surface area contributed by atoms with Crippen molar-refractivity contribution in [2.75, 3.05) is 0 Å². The molecule has 80 valence electrons. The fourth-order valence-electron chi connectivity index (χ4n) is 2.15. The van der Waals surface area contributed by atoms with Crippen LogP contribution in [0.15, 0.2) is 41.1 Å². The van der Waals surface area contributed by atoms with Crippen LogP contribution < -0.4 is 0 Å². The van der Waals surface area contributed by atoms with Crippen molar-refractivity contribution >= 4 is 21.5 Å². The maximum atomic E-state index is 4.33. The van der Waals surface area contributed by atoms with Gasteiger partial charge < -0.3 is 4.98 Å². The van der Waals surface area contributed by atoms with Crippen LogP contribution in [0.2, 0.25) is 0 Å². The lowest BCUT2D eigenvalue weighted by Gasteiger charge is -2.16. The van der Waals surface area contributed by atoms with E-state index in [1.165, 1.54) is 16.7 Å². The Morgan fingerprint density at radius 3 is 3.06 bits per heavy atom. The van der Waals surface area contributed by atoms with E-state index in [4.69, 9.17) is 0 Å². The van der Waals surface area contributed by atoms with E-state index in [9.17, 15) is 0 Å². The molecule has 0 radical (unpaired) electrons. The number of imidazole rings is 1. The first-order chi connectivity index (χ1) is 7.84. The highest BCUT2D eigenvalue weighted by atomic mass is 79.9. The summed E-state index contributed by atoms with van der Waals surface area (Å²) in [5, 5.41) is 0. The van der Waals surface area contributed by atoms with Gasteiger partial charge >= 0.3 is 0 Å². The molecule has 0 spiro atoms. The van der Waals surface area contributed by atoms with Crippen LogP contribution in [-0.2, 0) is 6.42 Å². The Bertz CT molecular complexity index is 541. The molecule has 0 fully saturated rings. The van der Waals surface area contributed by atoms with Crippen LogP contribution in [0.4, 0.5) is 0 Å². The van der Waals surface area contributed by atoms with Crippen LogP contribution in [-0.4, -0.2) is 9.97 Å². The SMILES string of the molecule is Brc1ccc2c(c1)CCC=C2c1ncc[nH]1. The molecule has 3 rings (SSSR count). The van der Waals surface area contributed by atoms with Gasteiger partial charge in [-0.15, -0.1) is 0 Å². The number of allylic oxidation sites excluding steroid dienone is 1. The van der Waals surface area contributed by atoms with Crippen LogP contribution in [0.5, 0.6) is 0 Å². The lowest BCUT2D eigenvalue weighted by Crippen LogP contribution is -2.02. The molecule has 0 saturated heterocycles. The van der Waals surface area contributed by atoms with Crippen LogP contribution in [0.1, 0.15) is 23.4 Å². The molecular weight excluding hydrogens is 264 g/mol. The molecule has 0 unspecified atom stereocenters.